The number of hydrogen-bond acceptors (Lipinski definition) is 8. The van der Waals surface area contributed by atoms with E-state index in [1.54, 1.807) is 24.3 Å². The molecular formula is C26H21Cl2N3O8. The molecule has 4 amide bonds. The Hall–Kier alpha value is -4.48. The van der Waals surface area contributed by atoms with Gasteiger partial charge in [-0.3, -0.25) is 14.5 Å². The molecule has 13 heteroatoms. The van der Waals surface area contributed by atoms with Crippen molar-refractivity contribution in [2.24, 2.45) is 0 Å². The first-order chi connectivity index (χ1) is 18.7. The molecule has 0 aliphatic carbocycles. The molecule has 1 aliphatic heterocycles. The number of furan rings is 1. The number of benzene rings is 2. The van der Waals surface area contributed by atoms with Crippen LogP contribution in [0.1, 0.15) is 21.9 Å². The van der Waals surface area contributed by atoms with Crippen molar-refractivity contribution in [3.63, 3.8) is 0 Å². The molecule has 2 N–H and O–H groups in total. The molecule has 3 aromatic rings. The lowest BCUT2D eigenvalue weighted by Gasteiger charge is -2.13. The van der Waals surface area contributed by atoms with Crippen LogP contribution in [0, 0.1) is 0 Å². The Morgan fingerprint density at radius 2 is 1.82 bits per heavy atom. The summed E-state index contributed by atoms with van der Waals surface area (Å²) in [6, 6.07) is 11.8. The van der Waals surface area contributed by atoms with E-state index in [0.29, 0.717) is 16.3 Å². The highest BCUT2D eigenvalue weighted by atomic mass is 35.5. The summed E-state index contributed by atoms with van der Waals surface area (Å²) in [4.78, 5) is 50.1. The van der Waals surface area contributed by atoms with Gasteiger partial charge in [0.25, 0.3) is 11.8 Å². The molecule has 11 nitrogen and oxygen atoms in total. The largest absolute Gasteiger partial charge is 0.493 e. The van der Waals surface area contributed by atoms with Crippen molar-refractivity contribution in [1.82, 2.24) is 10.2 Å². The van der Waals surface area contributed by atoms with Gasteiger partial charge in [-0.15, -0.1) is 0 Å². The molecule has 0 atom stereocenters. The van der Waals surface area contributed by atoms with Crippen molar-refractivity contribution in [2.75, 3.05) is 26.1 Å². The molecule has 1 aliphatic rings. The van der Waals surface area contributed by atoms with E-state index in [0.717, 1.165) is 4.90 Å². The lowest BCUT2D eigenvalue weighted by Crippen LogP contribution is -2.30. The van der Waals surface area contributed by atoms with Gasteiger partial charge in [0.2, 0.25) is 5.76 Å². The molecule has 0 bridgehead atoms. The molecule has 2 aromatic carbocycles. The maximum atomic E-state index is 12.9. The van der Waals surface area contributed by atoms with Crippen LogP contribution in [0.5, 0.6) is 11.5 Å². The van der Waals surface area contributed by atoms with Gasteiger partial charge >= 0.3 is 12.0 Å². The second kappa shape index (κ2) is 11.9. The maximum absolute atomic E-state index is 12.9. The number of rotatable bonds is 9. The second-order valence-electron chi connectivity index (χ2n) is 8.01. The van der Waals surface area contributed by atoms with E-state index in [1.165, 1.54) is 44.6 Å². The average Bonchev–Trinajstić information content (AvgIpc) is 3.49. The second-order valence-corrected chi connectivity index (χ2v) is 8.86. The third-order valence-corrected chi connectivity index (χ3v) is 5.90. The minimum atomic E-state index is -0.681. The minimum Gasteiger partial charge on any atom is -0.493 e. The van der Waals surface area contributed by atoms with Gasteiger partial charge < -0.3 is 29.3 Å². The van der Waals surface area contributed by atoms with Gasteiger partial charge in [0.15, 0.2) is 18.1 Å². The molecule has 0 unspecified atom stereocenters. The zero-order valence-electron chi connectivity index (χ0n) is 20.6. The van der Waals surface area contributed by atoms with E-state index in [4.69, 9.17) is 37.1 Å². The summed E-state index contributed by atoms with van der Waals surface area (Å²) in [5.74, 6) is -1.25. The summed E-state index contributed by atoms with van der Waals surface area (Å²) < 4.78 is 20.9. The van der Waals surface area contributed by atoms with Gasteiger partial charge in [-0.05, 0) is 60.2 Å². The van der Waals surface area contributed by atoms with Gasteiger partial charge in [0.05, 0.1) is 25.8 Å². The molecule has 1 aromatic heterocycles. The van der Waals surface area contributed by atoms with Gasteiger partial charge in [0, 0.05) is 10.7 Å². The van der Waals surface area contributed by atoms with Crippen molar-refractivity contribution >= 4 is 58.8 Å². The highest BCUT2D eigenvalue weighted by molar-refractivity contribution is 6.32. The van der Waals surface area contributed by atoms with E-state index >= 15 is 0 Å². The first-order valence-electron chi connectivity index (χ1n) is 11.3. The summed E-state index contributed by atoms with van der Waals surface area (Å²) in [5, 5.41) is 5.81. The number of anilines is 1. The van der Waals surface area contributed by atoms with Crippen molar-refractivity contribution in [3.8, 4) is 11.5 Å². The quantitative estimate of drug-likeness (QED) is 0.217. The Morgan fingerprint density at radius 3 is 2.51 bits per heavy atom. The lowest BCUT2D eigenvalue weighted by molar-refractivity contribution is -0.123. The van der Waals surface area contributed by atoms with Crippen molar-refractivity contribution in [3.05, 3.63) is 81.4 Å². The van der Waals surface area contributed by atoms with Gasteiger partial charge in [-0.25, -0.2) is 9.59 Å². The third kappa shape index (κ3) is 6.51. The minimum absolute atomic E-state index is 0.0196. The first-order valence-corrected chi connectivity index (χ1v) is 12.0. The maximum Gasteiger partial charge on any atom is 0.373 e. The molecule has 202 valence electrons. The highest BCUT2D eigenvalue weighted by Crippen LogP contribution is 2.37. The normalized spacial score (nSPS) is 13.8. The summed E-state index contributed by atoms with van der Waals surface area (Å²) >= 11 is 12.2. The predicted octanol–water partition coefficient (Wildman–Crippen LogP) is 4.49. The molecule has 0 spiro atoms. The van der Waals surface area contributed by atoms with E-state index in [-0.39, 0.29) is 46.9 Å². The van der Waals surface area contributed by atoms with Crippen molar-refractivity contribution in [2.45, 2.75) is 6.54 Å². The molecule has 39 heavy (non-hydrogen) atoms. The zero-order chi connectivity index (χ0) is 28.1. The van der Waals surface area contributed by atoms with Crippen LogP contribution in [-0.4, -0.2) is 49.5 Å². The number of halogens is 2. The Bertz CT molecular complexity index is 1470. The Labute approximate surface area is 232 Å². The summed E-state index contributed by atoms with van der Waals surface area (Å²) in [7, 11) is 2.60. The fourth-order valence-corrected chi connectivity index (χ4v) is 3.94. The zero-order valence-corrected chi connectivity index (χ0v) is 22.1. The van der Waals surface area contributed by atoms with Gasteiger partial charge in [-0.2, -0.15) is 0 Å². The van der Waals surface area contributed by atoms with Crippen molar-refractivity contribution in [1.29, 1.82) is 0 Å². The van der Waals surface area contributed by atoms with Crippen LogP contribution in [0.2, 0.25) is 10.0 Å². The standard InChI is InChI=1S/C26H21Cl2N3O8/c1-36-21-11-14(9-18(28)23(21)38-13-22(32)29-16-5-3-15(27)4-6-16)10-19-24(33)31(26(35)30-19)12-17-7-8-20(39-17)25(34)37-2/h3-11H,12-13H2,1-2H3,(H,29,32)(H,30,35)/b19-10-. The number of nitrogens with one attached hydrogen (secondary N) is 2. The lowest BCUT2D eigenvalue weighted by atomic mass is 10.1. The molecule has 2 heterocycles. The Morgan fingerprint density at radius 1 is 1.08 bits per heavy atom. The molecule has 4 rings (SSSR count). The topological polar surface area (TPSA) is 136 Å². The number of carbonyl (C=O) groups is 4. The summed E-state index contributed by atoms with van der Waals surface area (Å²) in [6.07, 6.45) is 1.41. The first kappa shape index (κ1) is 27.6. The van der Waals surface area contributed by atoms with Crippen LogP contribution in [0.4, 0.5) is 10.5 Å². The molecule has 1 saturated heterocycles. The van der Waals surface area contributed by atoms with E-state index in [2.05, 4.69) is 15.4 Å². The van der Waals surface area contributed by atoms with Crippen LogP contribution in [0.3, 0.4) is 0 Å². The van der Waals surface area contributed by atoms with E-state index < -0.39 is 23.8 Å². The smallest absolute Gasteiger partial charge is 0.373 e. The number of amides is 4. The Kier molecular flexibility index (Phi) is 8.43. The predicted molar refractivity (Wildman–Crippen MR) is 141 cm³/mol. The number of nitrogens with zero attached hydrogens (tertiary/aromatic N) is 1. The molecular weight excluding hydrogens is 553 g/mol. The van der Waals surface area contributed by atoms with Crippen LogP contribution in [0.25, 0.3) is 6.08 Å². The monoisotopic (exact) mass is 573 g/mol. The number of methoxy groups -OCH3 is 2. The van der Waals surface area contributed by atoms with E-state index in [1.807, 2.05) is 0 Å². The fraction of sp³-hybridized carbons (Fsp3) is 0.154. The summed E-state index contributed by atoms with van der Waals surface area (Å²) in [5.41, 5.74) is 0.946. The van der Waals surface area contributed by atoms with Crippen molar-refractivity contribution < 1.29 is 37.8 Å². The van der Waals surface area contributed by atoms with Crippen LogP contribution in [-0.2, 0) is 20.9 Å². The van der Waals surface area contributed by atoms with Gasteiger partial charge in [0.1, 0.15) is 11.5 Å². The molecule has 0 radical (unpaired) electrons. The number of hydrogen-bond donors (Lipinski definition) is 2. The van der Waals surface area contributed by atoms with Crippen LogP contribution < -0.4 is 20.1 Å². The molecule has 1 fully saturated rings. The summed E-state index contributed by atoms with van der Waals surface area (Å²) in [6.45, 7) is -0.555. The number of imide groups is 1. The highest BCUT2D eigenvalue weighted by Gasteiger charge is 2.34. The number of esters is 1. The average molecular weight is 574 g/mol. The fourth-order valence-electron chi connectivity index (χ4n) is 3.54. The van der Waals surface area contributed by atoms with Crippen LogP contribution in [0.15, 0.2) is 58.6 Å². The number of urea groups is 1. The van der Waals surface area contributed by atoms with Crippen LogP contribution >= 0.6 is 23.2 Å². The SMILES string of the molecule is COC(=O)c1ccc(CN2C(=O)N/C(=C\c3cc(Cl)c(OCC(=O)Nc4ccc(Cl)cc4)c(OC)c3)C2=O)o1. The van der Waals surface area contributed by atoms with E-state index in [9.17, 15) is 19.2 Å². The number of ether oxygens (including phenoxy) is 3. The third-order valence-electron chi connectivity index (χ3n) is 5.36. The number of carbonyl (C=O) groups excluding carboxylic acids is 4. The Balaban J connectivity index is 1.45. The van der Waals surface area contributed by atoms with Gasteiger partial charge in [-0.1, -0.05) is 23.2 Å². The molecule has 0 saturated carbocycles.